The predicted octanol–water partition coefficient (Wildman–Crippen LogP) is 2.24. The van der Waals surface area contributed by atoms with Gasteiger partial charge in [0.05, 0.1) is 5.69 Å². The van der Waals surface area contributed by atoms with Crippen LogP contribution in [0.25, 0.3) is 0 Å². The molecule has 1 N–H and O–H groups in total. The first-order chi connectivity index (χ1) is 9.08. The highest BCUT2D eigenvalue weighted by Crippen LogP contribution is 2.21. The fourth-order valence-electron chi connectivity index (χ4n) is 2.06. The van der Waals surface area contributed by atoms with Gasteiger partial charge in [0.15, 0.2) is 0 Å². The van der Waals surface area contributed by atoms with Crippen molar-refractivity contribution in [2.45, 2.75) is 19.5 Å². The van der Waals surface area contributed by atoms with E-state index < -0.39 is 12.0 Å². The van der Waals surface area contributed by atoms with Crippen molar-refractivity contribution in [1.29, 1.82) is 0 Å². The number of rotatable bonds is 5. The molecule has 0 spiro atoms. The fourth-order valence-corrected chi connectivity index (χ4v) is 2.06. The van der Waals surface area contributed by atoms with E-state index in [0.29, 0.717) is 6.54 Å². The summed E-state index contributed by atoms with van der Waals surface area (Å²) in [4.78, 5) is 13.2. The second-order valence-electron chi connectivity index (χ2n) is 4.50. The Morgan fingerprint density at radius 3 is 2.63 bits per heavy atom. The zero-order chi connectivity index (χ0) is 13.8. The maximum atomic E-state index is 11.5. The molecule has 0 saturated heterocycles. The Balaban J connectivity index is 2.18. The number of benzene rings is 1. The molecule has 19 heavy (non-hydrogen) atoms. The standard InChI is InChI=1S/C14H16N2O3/c1-10-8-12(15-19-10)9-16(2)13(14(17)18)11-6-4-3-5-7-11/h3-8,13H,9H2,1-2H3,(H,17,18). The molecule has 0 bridgehead atoms. The van der Waals surface area contributed by atoms with Gasteiger partial charge in [-0.3, -0.25) is 9.69 Å². The molecule has 0 aliphatic carbocycles. The van der Waals surface area contributed by atoms with Crippen LogP contribution in [-0.2, 0) is 11.3 Å². The quantitative estimate of drug-likeness (QED) is 0.893. The Labute approximate surface area is 111 Å². The van der Waals surface area contributed by atoms with Crippen LogP contribution in [-0.4, -0.2) is 28.2 Å². The van der Waals surface area contributed by atoms with E-state index in [0.717, 1.165) is 17.0 Å². The third-order valence-corrected chi connectivity index (χ3v) is 2.88. The van der Waals surface area contributed by atoms with Gasteiger partial charge in [0.2, 0.25) is 0 Å². The van der Waals surface area contributed by atoms with Crippen molar-refractivity contribution in [3.63, 3.8) is 0 Å². The smallest absolute Gasteiger partial charge is 0.325 e. The lowest BCUT2D eigenvalue weighted by Crippen LogP contribution is -2.30. The van der Waals surface area contributed by atoms with Crippen LogP contribution in [0, 0.1) is 6.92 Å². The van der Waals surface area contributed by atoms with E-state index in [9.17, 15) is 9.90 Å². The Morgan fingerprint density at radius 2 is 2.11 bits per heavy atom. The largest absolute Gasteiger partial charge is 0.480 e. The van der Waals surface area contributed by atoms with E-state index in [1.807, 2.05) is 37.3 Å². The van der Waals surface area contributed by atoms with Gasteiger partial charge < -0.3 is 9.63 Å². The SMILES string of the molecule is Cc1cc(CN(C)C(C(=O)O)c2ccccc2)no1. The molecule has 100 valence electrons. The van der Waals surface area contributed by atoms with Crippen LogP contribution in [0.2, 0.25) is 0 Å². The first-order valence-corrected chi connectivity index (χ1v) is 5.98. The van der Waals surface area contributed by atoms with Gasteiger partial charge in [-0.15, -0.1) is 0 Å². The van der Waals surface area contributed by atoms with Gasteiger partial charge in [-0.25, -0.2) is 0 Å². The maximum Gasteiger partial charge on any atom is 0.325 e. The topological polar surface area (TPSA) is 66.6 Å². The van der Waals surface area contributed by atoms with Crippen LogP contribution >= 0.6 is 0 Å². The molecule has 0 amide bonds. The van der Waals surface area contributed by atoms with Gasteiger partial charge in [0, 0.05) is 12.6 Å². The molecular formula is C14H16N2O3. The highest BCUT2D eigenvalue weighted by Gasteiger charge is 2.25. The van der Waals surface area contributed by atoms with Crippen molar-refractivity contribution in [2.24, 2.45) is 0 Å². The summed E-state index contributed by atoms with van der Waals surface area (Å²) in [7, 11) is 1.76. The number of hydrogen-bond donors (Lipinski definition) is 1. The van der Waals surface area contributed by atoms with Crippen LogP contribution in [0.5, 0.6) is 0 Å². The summed E-state index contributed by atoms with van der Waals surface area (Å²) < 4.78 is 4.99. The molecule has 0 radical (unpaired) electrons. The van der Waals surface area contributed by atoms with Crippen molar-refractivity contribution in [1.82, 2.24) is 10.1 Å². The van der Waals surface area contributed by atoms with E-state index in [1.54, 1.807) is 18.0 Å². The Hall–Kier alpha value is -2.14. The summed E-state index contributed by atoms with van der Waals surface area (Å²) in [5, 5.41) is 13.3. The summed E-state index contributed by atoms with van der Waals surface area (Å²) in [6.45, 7) is 2.23. The van der Waals surface area contributed by atoms with E-state index in [2.05, 4.69) is 5.16 Å². The minimum absolute atomic E-state index is 0.420. The molecule has 1 heterocycles. The third-order valence-electron chi connectivity index (χ3n) is 2.88. The lowest BCUT2D eigenvalue weighted by Gasteiger charge is -2.23. The summed E-state index contributed by atoms with van der Waals surface area (Å²) in [6, 6.07) is 10.3. The molecule has 0 aliphatic heterocycles. The number of carboxylic acids is 1. The number of carboxylic acid groups (broad SMARTS) is 1. The van der Waals surface area contributed by atoms with Crippen molar-refractivity contribution >= 4 is 5.97 Å². The van der Waals surface area contributed by atoms with Crippen LogP contribution < -0.4 is 0 Å². The summed E-state index contributed by atoms with van der Waals surface area (Å²) in [6.07, 6.45) is 0. The summed E-state index contributed by atoms with van der Waals surface area (Å²) in [5.41, 5.74) is 1.47. The lowest BCUT2D eigenvalue weighted by atomic mass is 10.1. The number of aryl methyl sites for hydroxylation is 1. The normalized spacial score (nSPS) is 12.6. The van der Waals surface area contributed by atoms with E-state index in [-0.39, 0.29) is 0 Å². The molecule has 5 heteroatoms. The van der Waals surface area contributed by atoms with Crippen LogP contribution in [0.1, 0.15) is 23.1 Å². The second kappa shape index (κ2) is 5.67. The molecule has 5 nitrogen and oxygen atoms in total. The van der Waals surface area contributed by atoms with Gasteiger partial charge in [-0.1, -0.05) is 35.5 Å². The lowest BCUT2D eigenvalue weighted by molar-refractivity contribution is -0.143. The van der Waals surface area contributed by atoms with Crippen LogP contribution in [0.4, 0.5) is 0 Å². The molecule has 1 atom stereocenters. The molecule has 1 unspecified atom stereocenters. The van der Waals surface area contributed by atoms with Gasteiger partial charge in [0.1, 0.15) is 11.8 Å². The zero-order valence-electron chi connectivity index (χ0n) is 10.9. The van der Waals surface area contributed by atoms with Crippen LogP contribution in [0.15, 0.2) is 40.9 Å². The first-order valence-electron chi connectivity index (χ1n) is 5.98. The monoisotopic (exact) mass is 260 g/mol. The number of aliphatic carboxylic acids is 1. The van der Waals surface area contributed by atoms with E-state index in [4.69, 9.17) is 4.52 Å². The number of aromatic nitrogens is 1. The Bertz CT molecular complexity index is 551. The molecule has 0 fully saturated rings. The van der Waals surface area contributed by atoms with Gasteiger partial charge >= 0.3 is 5.97 Å². The Morgan fingerprint density at radius 1 is 1.42 bits per heavy atom. The summed E-state index contributed by atoms with van der Waals surface area (Å²) >= 11 is 0. The molecule has 0 saturated carbocycles. The van der Waals surface area contributed by atoms with Crippen LogP contribution in [0.3, 0.4) is 0 Å². The highest BCUT2D eigenvalue weighted by molar-refractivity contribution is 5.75. The molecular weight excluding hydrogens is 244 g/mol. The average molecular weight is 260 g/mol. The van der Waals surface area contributed by atoms with Crippen molar-refractivity contribution in [3.8, 4) is 0 Å². The highest BCUT2D eigenvalue weighted by atomic mass is 16.5. The van der Waals surface area contributed by atoms with E-state index in [1.165, 1.54) is 0 Å². The van der Waals surface area contributed by atoms with Gasteiger partial charge in [-0.2, -0.15) is 0 Å². The van der Waals surface area contributed by atoms with Crippen molar-refractivity contribution in [3.05, 3.63) is 53.4 Å². The zero-order valence-corrected chi connectivity index (χ0v) is 10.9. The Kier molecular flexibility index (Phi) is 3.97. The second-order valence-corrected chi connectivity index (χ2v) is 4.50. The number of likely N-dealkylation sites (N-methyl/N-ethyl adjacent to an activating group) is 1. The molecule has 2 aromatic rings. The van der Waals surface area contributed by atoms with Crippen molar-refractivity contribution < 1.29 is 14.4 Å². The molecule has 0 aliphatic rings. The predicted molar refractivity (Wildman–Crippen MR) is 69.5 cm³/mol. The van der Waals surface area contributed by atoms with Gasteiger partial charge in [0.25, 0.3) is 0 Å². The maximum absolute atomic E-state index is 11.5. The third kappa shape index (κ3) is 3.20. The van der Waals surface area contributed by atoms with E-state index >= 15 is 0 Å². The number of carbonyl (C=O) groups is 1. The first kappa shape index (κ1) is 13.3. The minimum Gasteiger partial charge on any atom is -0.480 e. The molecule has 1 aromatic carbocycles. The molecule has 1 aromatic heterocycles. The molecule has 2 rings (SSSR count). The average Bonchev–Trinajstić information content (AvgIpc) is 2.75. The van der Waals surface area contributed by atoms with Crippen molar-refractivity contribution in [2.75, 3.05) is 7.05 Å². The minimum atomic E-state index is -0.881. The number of hydrogen-bond acceptors (Lipinski definition) is 4. The number of nitrogens with zero attached hydrogens (tertiary/aromatic N) is 2. The summed E-state index contributed by atoms with van der Waals surface area (Å²) in [5.74, 6) is -0.163. The van der Waals surface area contributed by atoms with Gasteiger partial charge in [-0.05, 0) is 19.5 Å². The fraction of sp³-hybridized carbons (Fsp3) is 0.286.